The van der Waals surface area contributed by atoms with Gasteiger partial charge in [-0.2, -0.15) is 5.10 Å². The minimum Gasteiger partial charge on any atom is -0.489 e. The van der Waals surface area contributed by atoms with Crippen molar-refractivity contribution in [3.05, 3.63) is 125 Å². The molecule has 0 saturated carbocycles. The Morgan fingerprint density at radius 2 is 1.58 bits per heavy atom. The molecule has 38 heavy (non-hydrogen) atoms. The monoisotopic (exact) mass is 547 g/mol. The molecule has 7 nitrogen and oxygen atoms in total. The molecule has 4 rings (SSSR count). The van der Waals surface area contributed by atoms with E-state index in [1.807, 2.05) is 30.3 Å². The second-order valence-electron chi connectivity index (χ2n) is 8.35. The molecular weight excluding hydrogens is 522 g/mol. The molecule has 0 aliphatic heterocycles. The molecule has 0 spiro atoms. The van der Waals surface area contributed by atoms with Gasteiger partial charge in [-0.1, -0.05) is 66.2 Å². The van der Waals surface area contributed by atoms with E-state index in [0.717, 1.165) is 21.0 Å². The molecule has 0 radical (unpaired) electrons. The Balaban J connectivity index is 1.40. The maximum atomic E-state index is 13.4. The Morgan fingerprint density at radius 1 is 0.921 bits per heavy atom. The number of benzene rings is 4. The third-order valence-electron chi connectivity index (χ3n) is 5.64. The Kier molecular flexibility index (Phi) is 8.78. The van der Waals surface area contributed by atoms with Gasteiger partial charge in [0.1, 0.15) is 18.9 Å². The summed E-state index contributed by atoms with van der Waals surface area (Å²) in [6.07, 6.45) is 1.47. The Labute approximate surface area is 227 Å². The van der Waals surface area contributed by atoms with Crippen LogP contribution in [0.2, 0.25) is 5.02 Å². The number of hydrogen-bond donors (Lipinski definition) is 1. The highest BCUT2D eigenvalue weighted by atomic mass is 35.5. The van der Waals surface area contributed by atoms with Crippen LogP contribution >= 0.6 is 11.6 Å². The van der Waals surface area contributed by atoms with E-state index in [1.165, 1.54) is 18.3 Å². The van der Waals surface area contributed by atoms with Crippen molar-refractivity contribution in [3.8, 4) is 5.75 Å². The van der Waals surface area contributed by atoms with Gasteiger partial charge in [-0.25, -0.2) is 13.8 Å². The van der Waals surface area contributed by atoms with Crippen LogP contribution in [0, 0.1) is 6.92 Å². The van der Waals surface area contributed by atoms with E-state index in [2.05, 4.69) is 10.5 Å². The number of halogens is 1. The number of nitrogens with zero attached hydrogens (tertiary/aromatic N) is 2. The summed E-state index contributed by atoms with van der Waals surface area (Å²) in [5.74, 6) is 0.0785. The van der Waals surface area contributed by atoms with Crippen LogP contribution in [0.15, 0.2) is 113 Å². The lowest BCUT2D eigenvalue weighted by Crippen LogP contribution is -2.40. The zero-order valence-electron chi connectivity index (χ0n) is 20.6. The predicted octanol–water partition coefficient (Wildman–Crippen LogP) is 5.57. The standard InChI is InChI=1S/C29H26ClN3O4S/c1-22-9-5-8-14-28(22)33(38(35,36)26-11-3-2-4-12-26)20-29(34)32-31-19-23-15-17-25(18-16-23)37-21-24-10-6-7-13-27(24)30/h2-19H,20-21H2,1H3,(H,32,34)/b31-19+. The third-order valence-corrected chi connectivity index (χ3v) is 7.78. The molecule has 0 aromatic heterocycles. The molecule has 4 aromatic carbocycles. The van der Waals surface area contributed by atoms with Crippen molar-refractivity contribution in [2.24, 2.45) is 5.10 Å². The fourth-order valence-electron chi connectivity index (χ4n) is 3.63. The zero-order chi connectivity index (χ0) is 27.0. The number of carbonyl (C=O) groups excluding carboxylic acids is 1. The fourth-order valence-corrected chi connectivity index (χ4v) is 5.33. The van der Waals surface area contributed by atoms with E-state index in [-0.39, 0.29) is 4.90 Å². The molecule has 1 amide bonds. The summed E-state index contributed by atoms with van der Waals surface area (Å²) < 4.78 is 33.7. The van der Waals surface area contributed by atoms with Crippen LogP contribution in [0.3, 0.4) is 0 Å². The van der Waals surface area contributed by atoms with Gasteiger partial charge in [-0.15, -0.1) is 0 Å². The number of hydrazone groups is 1. The number of para-hydroxylation sites is 1. The molecule has 0 atom stereocenters. The fraction of sp³-hybridized carbons (Fsp3) is 0.103. The van der Waals surface area contributed by atoms with Gasteiger partial charge in [-0.3, -0.25) is 9.10 Å². The normalized spacial score (nSPS) is 11.3. The molecule has 0 heterocycles. The van der Waals surface area contributed by atoms with Gasteiger partial charge in [0, 0.05) is 10.6 Å². The third kappa shape index (κ3) is 6.79. The lowest BCUT2D eigenvalue weighted by molar-refractivity contribution is -0.119. The average Bonchev–Trinajstić information content (AvgIpc) is 2.93. The summed E-state index contributed by atoms with van der Waals surface area (Å²) in [7, 11) is -3.98. The number of hydrogen-bond acceptors (Lipinski definition) is 5. The van der Waals surface area contributed by atoms with E-state index >= 15 is 0 Å². The van der Waals surface area contributed by atoms with Gasteiger partial charge in [0.25, 0.3) is 15.9 Å². The highest BCUT2D eigenvalue weighted by Crippen LogP contribution is 2.26. The van der Waals surface area contributed by atoms with Crippen molar-refractivity contribution in [2.45, 2.75) is 18.4 Å². The molecule has 9 heteroatoms. The summed E-state index contributed by atoms with van der Waals surface area (Å²) in [6.45, 7) is 1.70. The second kappa shape index (κ2) is 12.4. The predicted molar refractivity (Wildman–Crippen MR) is 150 cm³/mol. The first-order chi connectivity index (χ1) is 18.3. The van der Waals surface area contributed by atoms with E-state index < -0.39 is 22.5 Å². The first-order valence-corrected chi connectivity index (χ1v) is 13.6. The van der Waals surface area contributed by atoms with Gasteiger partial charge in [0.15, 0.2) is 0 Å². The number of rotatable bonds is 10. The average molecular weight is 548 g/mol. The van der Waals surface area contributed by atoms with Crippen molar-refractivity contribution >= 4 is 39.4 Å². The quantitative estimate of drug-likeness (QED) is 0.207. The second-order valence-corrected chi connectivity index (χ2v) is 10.6. The van der Waals surface area contributed by atoms with Gasteiger partial charge in [0.05, 0.1) is 16.8 Å². The summed E-state index contributed by atoms with van der Waals surface area (Å²) in [5.41, 5.74) is 5.17. The van der Waals surface area contributed by atoms with Crippen molar-refractivity contribution in [1.29, 1.82) is 0 Å². The minimum absolute atomic E-state index is 0.0939. The van der Waals surface area contributed by atoms with Gasteiger partial charge < -0.3 is 4.74 Å². The summed E-state index contributed by atoms with van der Waals surface area (Å²) >= 11 is 6.16. The Hall–Kier alpha value is -4.14. The topological polar surface area (TPSA) is 88.1 Å². The lowest BCUT2D eigenvalue weighted by atomic mass is 10.2. The van der Waals surface area contributed by atoms with E-state index in [1.54, 1.807) is 67.6 Å². The number of aryl methyl sites for hydroxylation is 1. The van der Waals surface area contributed by atoms with Crippen molar-refractivity contribution in [3.63, 3.8) is 0 Å². The largest absolute Gasteiger partial charge is 0.489 e. The molecule has 0 fully saturated rings. The lowest BCUT2D eigenvalue weighted by Gasteiger charge is -2.25. The first kappa shape index (κ1) is 26.9. The number of amides is 1. The number of anilines is 1. The molecule has 4 aromatic rings. The van der Waals surface area contributed by atoms with Gasteiger partial charge in [-0.05, 0) is 66.6 Å². The van der Waals surface area contributed by atoms with Crippen LogP contribution in [-0.4, -0.2) is 27.1 Å². The molecule has 0 bridgehead atoms. The summed E-state index contributed by atoms with van der Waals surface area (Å²) in [5, 5.41) is 4.64. The van der Waals surface area contributed by atoms with Crippen LogP contribution < -0.4 is 14.5 Å². The zero-order valence-corrected chi connectivity index (χ0v) is 22.2. The van der Waals surface area contributed by atoms with E-state index in [4.69, 9.17) is 16.3 Å². The van der Waals surface area contributed by atoms with E-state index in [9.17, 15) is 13.2 Å². The Morgan fingerprint density at radius 3 is 2.29 bits per heavy atom. The first-order valence-electron chi connectivity index (χ1n) is 11.8. The molecule has 0 unspecified atom stereocenters. The smallest absolute Gasteiger partial charge is 0.264 e. The highest BCUT2D eigenvalue weighted by molar-refractivity contribution is 7.92. The van der Waals surface area contributed by atoms with Crippen LogP contribution in [0.4, 0.5) is 5.69 Å². The van der Waals surface area contributed by atoms with Crippen LogP contribution in [-0.2, 0) is 21.4 Å². The van der Waals surface area contributed by atoms with Gasteiger partial charge >= 0.3 is 0 Å². The highest BCUT2D eigenvalue weighted by Gasteiger charge is 2.27. The number of ether oxygens (including phenoxy) is 1. The Bertz CT molecular complexity index is 1530. The van der Waals surface area contributed by atoms with Crippen molar-refractivity contribution in [1.82, 2.24) is 5.43 Å². The van der Waals surface area contributed by atoms with Crippen molar-refractivity contribution in [2.75, 3.05) is 10.8 Å². The SMILES string of the molecule is Cc1ccccc1N(CC(=O)N/N=C/c1ccc(OCc2ccccc2Cl)cc1)S(=O)(=O)c1ccccc1. The molecule has 0 aliphatic rings. The number of carbonyl (C=O) groups is 1. The molecule has 1 N–H and O–H groups in total. The summed E-state index contributed by atoms with van der Waals surface area (Å²) in [6, 6.07) is 29.6. The number of sulfonamides is 1. The summed E-state index contributed by atoms with van der Waals surface area (Å²) in [4.78, 5) is 12.8. The maximum absolute atomic E-state index is 13.4. The van der Waals surface area contributed by atoms with Crippen molar-refractivity contribution < 1.29 is 17.9 Å². The minimum atomic E-state index is -3.98. The molecule has 0 aliphatic carbocycles. The van der Waals surface area contributed by atoms with Gasteiger partial charge in [0.2, 0.25) is 0 Å². The van der Waals surface area contributed by atoms with Crippen LogP contribution in [0.25, 0.3) is 0 Å². The molecule has 0 saturated heterocycles. The van der Waals surface area contributed by atoms with E-state index in [0.29, 0.717) is 23.1 Å². The van der Waals surface area contributed by atoms with Crippen LogP contribution in [0.1, 0.15) is 16.7 Å². The number of nitrogens with one attached hydrogen (secondary N) is 1. The van der Waals surface area contributed by atoms with Crippen LogP contribution in [0.5, 0.6) is 5.75 Å². The molecule has 194 valence electrons. The maximum Gasteiger partial charge on any atom is 0.264 e. The molecular formula is C29H26ClN3O4S.